The third-order valence-electron chi connectivity index (χ3n) is 6.80. The maximum atomic E-state index is 11.9. The predicted octanol–water partition coefficient (Wildman–Crippen LogP) is 1.48. The third kappa shape index (κ3) is 15.9. The van der Waals surface area contributed by atoms with Crippen molar-refractivity contribution in [3.8, 4) is 0 Å². The van der Waals surface area contributed by atoms with E-state index < -0.39 is 62.1 Å². The topological polar surface area (TPSA) is 232 Å². The van der Waals surface area contributed by atoms with Crippen LogP contribution in [-0.4, -0.2) is 107 Å². The number of carbonyl (C=O) groups excluding carboxylic acids is 1. The van der Waals surface area contributed by atoms with E-state index >= 15 is 0 Å². The van der Waals surface area contributed by atoms with Gasteiger partial charge in [0.1, 0.15) is 12.2 Å². The van der Waals surface area contributed by atoms with Crippen molar-refractivity contribution >= 4 is 37.4 Å². The Bertz CT molecular complexity index is 1210. The molecule has 3 aliphatic rings. The first kappa shape index (κ1) is 38.2. The number of hydrogen-bond acceptors (Lipinski definition) is 18. The molecule has 21 heteroatoms. The number of hydrogen-bond donors (Lipinski definition) is 1. The van der Waals surface area contributed by atoms with E-state index in [0.29, 0.717) is 77.0 Å². The number of aliphatic hydroxyl groups is 1. The molecule has 264 valence electrons. The highest BCUT2D eigenvalue weighted by molar-refractivity contribution is 7.82. The summed E-state index contributed by atoms with van der Waals surface area (Å²) in [6.07, 6.45) is 3.18. The molecule has 0 aromatic heterocycles. The van der Waals surface area contributed by atoms with Crippen molar-refractivity contribution in [2.45, 2.75) is 108 Å². The highest BCUT2D eigenvalue weighted by Gasteiger charge is 2.34. The minimum atomic E-state index is -4.18. The molecule has 0 radical (unpaired) electrons. The summed E-state index contributed by atoms with van der Waals surface area (Å²) in [6.45, 7) is -1.40. The van der Waals surface area contributed by atoms with Gasteiger partial charge < -0.3 is 24.1 Å². The van der Waals surface area contributed by atoms with Gasteiger partial charge in [-0.25, -0.2) is 29.9 Å². The lowest BCUT2D eigenvalue weighted by Crippen LogP contribution is -2.23. The molecule has 3 rings (SSSR count). The maximum absolute atomic E-state index is 11.9. The molecule has 3 saturated heterocycles. The Morgan fingerprint density at radius 3 is 1.44 bits per heavy atom. The lowest BCUT2D eigenvalue weighted by Gasteiger charge is -2.16. The minimum Gasteiger partial charge on any atom is -0.434 e. The molecule has 3 aliphatic heterocycles. The van der Waals surface area contributed by atoms with Gasteiger partial charge >= 0.3 is 37.4 Å². The van der Waals surface area contributed by atoms with Crippen LogP contribution in [0.1, 0.15) is 77.0 Å². The van der Waals surface area contributed by atoms with Crippen molar-refractivity contribution < 1.29 is 79.2 Å². The lowest BCUT2D eigenvalue weighted by atomic mass is 10.0. The van der Waals surface area contributed by atoms with Crippen LogP contribution in [-0.2, 0) is 75.2 Å². The summed E-state index contributed by atoms with van der Waals surface area (Å²) < 4.78 is 117. The summed E-state index contributed by atoms with van der Waals surface area (Å²) in [5.41, 5.74) is 0. The van der Waals surface area contributed by atoms with Crippen LogP contribution in [0.4, 0.5) is 4.79 Å². The number of ether oxygens (including phenoxy) is 4. The number of unbranched alkanes of at least 4 members (excludes halogenated alkanes) is 4. The molecule has 3 fully saturated rings. The molecular formula is C24H42O18S3. The van der Waals surface area contributed by atoms with Crippen LogP contribution in [0.5, 0.6) is 0 Å². The van der Waals surface area contributed by atoms with Crippen LogP contribution in [0.3, 0.4) is 0 Å². The van der Waals surface area contributed by atoms with Crippen molar-refractivity contribution in [1.29, 1.82) is 0 Å². The molecule has 1 N–H and O–H groups in total. The Labute approximate surface area is 263 Å². The Hall–Kier alpha value is -1.24. The van der Waals surface area contributed by atoms with E-state index in [4.69, 9.17) is 31.5 Å². The van der Waals surface area contributed by atoms with Crippen molar-refractivity contribution in [3.05, 3.63) is 0 Å². The van der Waals surface area contributed by atoms with Gasteiger partial charge in [0, 0.05) is 0 Å². The van der Waals surface area contributed by atoms with Crippen molar-refractivity contribution in [2.24, 2.45) is 0 Å². The summed E-state index contributed by atoms with van der Waals surface area (Å²) in [5.74, 6) is 0. The van der Waals surface area contributed by atoms with Crippen molar-refractivity contribution in [3.63, 3.8) is 0 Å². The molecule has 0 aromatic carbocycles. The van der Waals surface area contributed by atoms with Crippen LogP contribution < -0.4 is 0 Å². The van der Waals surface area contributed by atoms with E-state index in [9.17, 15) is 35.2 Å². The van der Waals surface area contributed by atoms with Gasteiger partial charge in [-0.15, -0.1) is 0 Å². The molecule has 0 aromatic rings. The standard InChI is InChI=1S/C24H42O18S3/c25-23(33-13-5-1-9-19-17-37-44(29,30)41-19)34-14-6-3-11-21-22(40-24(26)39-21)12-4-8-16-36-43(27,28)35-15-7-2-10-20-18-38-45(31,32)42-20/h19-22,24,26H,1-18H2. The quantitative estimate of drug-likeness (QED) is 0.124. The van der Waals surface area contributed by atoms with Gasteiger partial charge in [-0.2, -0.15) is 25.3 Å². The SMILES string of the molecule is O=C(OCCCCC1COS(=O)(=O)O1)OCCCCC1OC(O)OC1CCCCOS(=O)(=O)OCCCCC1COS(=O)(=O)O1. The molecule has 0 saturated carbocycles. The molecule has 3 heterocycles. The molecule has 45 heavy (non-hydrogen) atoms. The summed E-state index contributed by atoms with van der Waals surface area (Å²) in [6, 6.07) is 0. The Kier molecular flexibility index (Phi) is 16.1. The van der Waals surface area contributed by atoms with Gasteiger partial charge in [0.2, 0.25) is 0 Å². The largest absolute Gasteiger partial charge is 0.508 e. The first-order valence-corrected chi connectivity index (χ1v) is 18.8. The molecule has 0 amide bonds. The highest BCUT2D eigenvalue weighted by Crippen LogP contribution is 2.26. The molecule has 5 unspecified atom stereocenters. The van der Waals surface area contributed by atoms with E-state index in [-0.39, 0.29) is 45.7 Å². The first-order chi connectivity index (χ1) is 21.3. The van der Waals surface area contributed by atoms with Gasteiger partial charge in [0.25, 0.3) is 6.48 Å². The van der Waals surface area contributed by atoms with Gasteiger partial charge in [-0.3, -0.25) is 0 Å². The maximum Gasteiger partial charge on any atom is 0.508 e. The van der Waals surface area contributed by atoms with E-state index in [1.54, 1.807) is 0 Å². The smallest absolute Gasteiger partial charge is 0.434 e. The normalized spacial score (nSPS) is 27.5. The zero-order valence-corrected chi connectivity index (χ0v) is 27.2. The Morgan fingerprint density at radius 1 is 0.644 bits per heavy atom. The zero-order chi connectivity index (χ0) is 32.8. The number of aliphatic hydroxyl groups excluding tert-OH is 1. The van der Waals surface area contributed by atoms with Crippen LogP contribution >= 0.6 is 0 Å². The summed E-state index contributed by atoms with van der Waals surface area (Å²) in [4.78, 5) is 11.7. The molecular weight excluding hydrogens is 672 g/mol. The second kappa shape index (κ2) is 18.9. The molecule has 0 aliphatic carbocycles. The van der Waals surface area contributed by atoms with Crippen molar-refractivity contribution in [1.82, 2.24) is 0 Å². The molecule has 5 atom stereocenters. The lowest BCUT2D eigenvalue weighted by molar-refractivity contribution is -0.211. The van der Waals surface area contributed by atoms with E-state index in [2.05, 4.69) is 12.5 Å². The second-order valence-corrected chi connectivity index (χ2v) is 14.2. The summed E-state index contributed by atoms with van der Waals surface area (Å²) in [5, 5.41) is 9.73. The van der Waals surface area contributed by atoms with Gasteiger partial charge in [-0.1, -0.05) is 0 Å². The van der Waals surface area contributed by atoms with Crippen LogP contribution in [0, 0.1) is 0 Å². The van der Waals surface area contributed by atoms with Gasteiger partial charge in [0.05, 0.1) is 51.8 Å². The van der Waals surface area contributed by atoms with E-state index in [1.165, 1.54) is 0 Å². The van der Waals surface area contributed by atoms with E-state index in [0.717, 1.165) is 0 Å². The van der Waals surface area contributed by atoms with Gasteiger partial charge in [0.15, 0.2) is 0 Å². The fraction of sp³-hybridized carbons (Fsp3) is 0.958. The Morgan fingerprint density at radius 2 is 1.04 bits per heavy atom. The predicted molar refractivity (Wildman–Crippen MR) is 149 cm³/mol. The second-order valence-electron chi connectivity index (χ2n) is 10.5. The number of carbonyl (C=O) groups is 1. The average molecular weight is 715 g/mol. The zero-order valence-electron chi connectivity index (χ0n) is 24.7. The summed E-state index contributed by atoms with van der Waals surface area (Å²) >= 11 is 0. The number of rotatable bonds is 22. The molecule has 0 bridgehead atoms. The Balaban J connectivity index is 1.14. The highest BCUT2D eigenvalue weighted by atomic mass is 32.3. The van der Waals surface area contributed by atoms with Gasteiger partial charge in [-0.05, 0) is 77.0 Å². The van der Waals surface area contributed by atoms with Crippen molar-refractivity contribution in [2.75, 3.05) is 39.6 Å². The monoisotopic (exact) mass is 714 g/mol. The third-order valence-corrected chi connectivity index (χ3v) is 9.58. The van der Waals surface area contributed by atoms with E-state index in [1.807, 2.05) is 0 Å². The molecule has 0 spiro atoms. The summed E-state index contributed by atoms with van der Waals surface area (Å²) in [7, 11) is -12.0. The van der Waals surface area contributed by atoms with Crippen LogP contribution in [0.15, 0.2) is 0 Å². The fourth-order valence-corrected chi connectivity index (χ4v) is 7.02. The fourth-order valence-electron chi connectivity index (χ4n) is 4.59. The van der Waals surface area contributed by atoms with Crippen LogP contribution in [0.2, 0.25) is 0 Å². The van der Waals surface area contributed by atoms with Crippen LogP contribution in [0.25, 0.3) is 0 Å². The average Bonchev–Trinajstić information content (AvgIpc) is 3.62. The molecule has 18 nitrogen and oxygen atoms in total. The minimum absolute atomic E-state index is 0.0160. The first-order valence-electron chi connectivity index (χ1n) is 14.8.